The van der Waals surface area contributed by atoms with Gasteiger partial charge in [-0.2, -0.15) is 0 Å². The van der Waals surface area contributed by atoms with Crippen LogP contribution in [0, 0.1) is 0 Å². The molecule has 0 aromatic heterocycles. The first-order valence-electron chi connectivity index (χ1n) is 13.6. The Morgan fingerprint density at radius 2 is 1.69 bits per heavy atom. The van der Waals surface area contributed by atoms with Crippen molar-refractivity contribution in [2.24, 2.45) is 0 Å². The molecule has 3 aromatic carbocycles. The maximum Gasteiger partial charge on any atom is 0.310 e. The van der Waals surface area contributed by atoms with Crippen LogP contribution in [0.3, 0.4) is 0 Å². The fraction of sp³-hybridized carbons (Fsp3) is 0.281. The van der Waals surface area contributed by atoms with Gasteiger partial charge in [-0.15, -0.1) is 0 Å². The summed E-state index contributed by atoms with van der Waals surface area (Å²) in [6, 6.07) is 19.7. The number of rotatable bonds is 11. The SMILES string of the molecule is COc1ccccc1Sc1ccc(C=CC(=O)N(C(=O)CCC(C(=O)O)c2ccccc2)C2CCNCC2)c(Cl)c1Cl. The normalized spacial score (nSPS) is 14.5. The largest absolute Gasteiger partial charge is 0.496 e. The zero-order chi connectivity index (χ0) is 30.1. The van der Waals surface area contributed by atoms with Gasteiger partial charge >= 0.3 is 5.97 Å². The van der Waals surface area contributed by atoms with Crippen LogP contribution >= 0.6 is 35.0 Å². The third-order valence-electron chi connectivity index (χ3n) is 7.10. The predicted octanol–water partition coefficient (Wildman–Crippen LogP) is 6.92. The first-order chi connectivity index (χ1) is 20.3. The number of hydrogen-bond acceptors (Lipinski definition) is 6. The number of methoxy groups -OCH3 is 1. The molecular formula is C32H32Cl2N2O5S. The van der Waals surface area contributed by atoms with Gasteiger partial charge in [-0.1, -0.05) is 83.5 Å². The van der Waals surface area contributed by atoms with Gasteiger partial charge in [-0.3, -0.25) is 19.3 Å². The number of benzene rings is 3. The van der Waals surface area contributed by atoms with Crippen molar-refractivity contribution >= 4 is 58.8 Å². The van der Waals surface area contributed by atoms with Gasteiger partial charge in [0.2, 0.25) is 5.91 Å². The molecule has 10 heteroatoms. The number of carboxylic acids is 1. The first kappa shape index (κ1) is 31.6. The molecule has 1 atom stereocenters. The zero-order valence-electron chi connectivity index (χ0n) is 23.1. The van der Waals surface area contributed by atoms with Crippen LogP contribution in [0.15, 0.2) is 82.6 Å². The number of nitrogens with zero attached hydrogens (tertiary/aromatic N) is 1. The fourth-order valence-electron chi connectivity index (χ4n) is 4.89. The van der Waals surface area contributed by atoms with E-state index in [1.807, 2.05) is 36.4 Å². The number of imide groups is 1. The summed E-state index contributed by atoms with van der Waals surface area (Å²) in [5.74, 6) is -2.01. The number of amides is 2. The van der Waals surface area contributed by atoms with Crippen molar-refractivity contribution in [3.8, 4) is 5.75 Å². The molecule has 2 amide bonds. The average Bonchev–Trinajstić information content (AvgIpc) is 3.00. The van der Waals surface area contributed by atoms with Crippen molar-refractivity contribution < 1.29 is 24.2 Å². The summed E-state index contributed by atoms with van der Waals surface area (Å²) < 4.78 is 5.42. The van der Waals surface area contributed by atoms with E-state index in [-0.39, 0.29) is 23.9 Å². The fourth-order valence-corrected chi connectivity index (χ4v) is 6.43. The van der Waals surface area contributed by atoms with Crippen LogP contribution in [0.25, 0.3) is 6.08 Å². The molecule has 1 saturated heterocycles. The van der Waals surface area contributed by atoms with E-state index in [9.17, 15) is 19.5 Å². The molecule has 0 bridgehead atoms. The number of hydrogen-bond donors (Lipinski definition) is 2. The lowest BCUT2D eigenvalue weighted by Crippen LogP contribution is -2.48. The maximum absolute atomic E-state index is 13.5. The Labute approximate surface area is 259 Å². The Morgan fingerprint density at radius 3 is 2.38 bits per heavy atom. The van der Waals surface area contributed by atoms with E-state index in [0.717, 1.165) is 9.79 Å². The lowest BCUT2D eigenvalue weighted by molar-refractivity contribution is -0.145. The van der Waals surface area contributed by atoms with Crippen molar-refractivity contribution in [3.05, 3.63) is 94.0 Å². The first-order valence-corrected chi connectivity index (χ1v) is 15.2. The molecule has 1 fully saturated rings. The Morgan fingerprint density at radius 1 is 1.00 bits per heavy atom. The maximum atomic E-state index is 13.5. The second-order valence-corrected chi connectivity index (χ2v) is 11.6. The van der Waals surface area contributed by atoms with E-state index in [4.69, 9.17) is 27.9 Å². The van der Waals surface area contributed by atoms with Crippen LogP contribution in [0.1, 0.15) is 42.7 Å². The lowest BCUT2D eigenvalue weighted by atomic mass is 9.93. The molecule has 1 unspecified atom stereocenters. The molecule has 0 radical (unpaired) electrons. The van der Waals surface area contributed by atoms with Crippen molar-refractivity contribution in [1.29, 1.82) is 0 Å². The van der Waals surface area contributed by atoms with E-state index in [1.165, 1.54) is 22.7 Å². The molecule has 0 saturated carbocycles. The van der Waals surface area contributed by atoms with Crippen LogP contribution in [0.2, 0.25) is 10.0 Å². The molecule has 42 heavy (non-hydrogen) atoms. The summed E-state index contributed by atoms with van der Waals surface area (Å²) in [7, 11) is 1.60. The molecule has 4 rings (SSSR count). The highest BCUT2D eigenvalue weighted by Crippen LogP contribution is 2.42. The molecular weight excluding hydrogens is 595 g/mol. The van der Waals surface area contributed by atoms with Crippen LogP contribution < -0.4 is 10.1 Å². The Hall–Kier alpha value is -3.30. The molecule has 3 aromatic rings. The van der Waals surface area contributed by atoms with E-state index < -0.39 is 23.7 Å². The van der Waals surface area contributed by atoms with Gasteiger partial charge in [-0.25, -0.2) is 0 Å². The van der Waals surface area contributed by atoms with Gasteiger partial charge in [0, 0.05) is 23.4 Å². The van der Waals surface area contributed by atoms with Crippen molar-refractivity contribution in [1.82, 2.24) is 10.2 Å². The molecule has 1 aliphatic rings. The van der Waals surface area contributed by atoms with Gasteiger partial charge in [0.25, 0.3) is 5.91 Å². The highest BCUT2D eigenvalue weighted by atomic mass is 35.5. The van der Waals surface area contributed by atoms with Gasteiger partial charge < -0.3 is 15.2 Å². The minimum atomic E-state index is -1.01. The molecule has 1 heterocycles. The predicted molar refractivity (Wildman–Crippen MR) is 166 cm³/mol. The van der Waals surface area contributed by atoms with Crippen molar-refractivity contribution in [2.75, 3.05) is 20.2 Å². The number of halogens is 2. The quantitative estimate of drug-likeness (QED) is 0.223. The monoisotopic (exact) mass is 626 g/mol. The smallest absolute Gasteiger partial charge is 0.310 e. The van der Waals surface area contributed by atoms with Crippen LogP contribution in [0.5, 0.6) is 5.75 Å². The minimum absolute atomic E-state index is 0.0726. The van der Waals surface area contributed by atoms with Crippen LogP contribution in [0.4, 0.5) is 0 Å². The number of nitrogens with one attached hydrogen (secondary N) is 1. The summed E-state index contributed by atoms with van der Waals surface area (Å²) in [5, 5.41) is 13.7. The number of para-hydroxylation sites is 1. The van der Waals surface area contributed by atoms with E-state index in [2.05, 4.69) is 5.32 Å². The van der Waals surface area contributed by atoms with Crippen molar-refractivity contribution in [2.45, 2.75) is 47.4 Å². The zero-order valence-corrected chi connectivity index (χ0v) is 25.4. The molecule has 0 spiro atoms. The van der Waals surface area contributed by atoms with Gasteiger partial charge in [0.05, 0.1) is 28.0 Å². The third kappa shape index (κ3) is 7.95. The molecule has 1 aliphatic heterocycles. The van der Waals surface area contributed by atoms with Gasteiger partial charge in [0.1, 0.15) is 5.75 Å². The second-order valence-electron chi connectivity index (χ2n) is 9.79. The molecule has 2 N–H and O–H groups in total. The molecule has 0 aliphatic carbocycles. The second kappa shape index (κ2) is 15.3. The standard InChI is InChI=1S/C32H32Cl2N2O5S/c1-41-25-9-5-6-10-26(25)42-27-14-11-22(30(33)31(27)34)12-15-28(37)36(23-17-19-35-20-18-23)29(38)16-13-24(32(39)40)21-7-3-2-4-8-21/h2-12,14-15,23-24,35H,13,16-20H2,1H3,(H,39,40). The highest BCUT2D eigenvalue weighted by Gasteiger charge is 2.31. The number of ether oxygens (including phenoxy) is 1. The summed E-state index contributed by atoms with van der Waals surface area (Å²) in [6.07, 6.45) is 4.14. The summed E-state index contributed by atoms with van der Waals surface area (Å²) >= 11 is 14.6. The number of piperidine rings is 1. The number of carbonyl (C=O) groups excluding carboxylic acids is 2. The number of carboxylic acid groups (broad SMARTS) is 1. The van der Waals surface area contributed by atoms with Crippen molar-refractivity contribution in [3.63, 3.8) is 0 Å². The number of carbonyl (C=O) groups is 3. The topological polar surface area (TPSA) is 95.9 Å². The van der Waals surface area contributed by atoms with E-state index in [0.29, 0.717) is 47.8 Å². The van der Waals surface area contributed by atoms with Crippen LogP contribution in [-0.2, 0) is 14.4 Å². The Balaban J connectivity index is 1.51. The summed E-state index contributed by atoms with van der Waals surface area (Å²) in [4.78, 5) is 41.8. The van der Waals surface area contributed by atoms with E-state index in [1.54, 1.807) is 43.5 Å². The summed E-state index contributed by atoms with van der Waals surface area (Å²) in [6.45, 7) is 1.36. The third-order valence-corrected chi connectivity index (χ3v) is 9.22. The van der Waals surface area contributed by atoms with Gasteiger partial charge in [0.15, 0.2) is 0 Å². The van der Waals surface area contributed by atoms with Crippen LogP contribution in [-0.4, -0.2) is 54.0 Å². The highest BCUT2D eigenvalue weighted by molar-refractivity contribution is 7.99. The molecule has 220 valence electrons. The molecule has 7 nitrogen and oxygen atoms in total. The minimum Gasteiger partial charge on any atom is -0.496 e. The summed E-state index contributed by atoms with van der Waals surface area (Å²) in [5.41, 5.74) is 1.16. The van der Waals surface area contributed by atoms with Gasteiger partial charge in [-0.05, 0) is 67.8 Å². The Bertz CT molecular complexity index is 1440. The number of aliphatic carboxylic acids is 1. The Kier molecular flexibility index (Phi) is 11.5. The van der Waals surface area contributed by atoms with E-state index >= 15 is 0 Å². The average molecular weight is 628 g/mol. The lowest BCUT2D eigenvalue weighted by Gasteiger charge is -2.32.